The summed E-state index contributed by atoms with van der Waals surface area (Å²) < 4.78 is 5.53. The highest BCUT2D eigenvalue weighted by Crippen LogP contribution is 2.37. The maximum atomic E-state index is 10.1. The molecule has 0 bridgehead atoms. The Labute approximate surface area is 135 Å². The van der Waals surface area contributed by atoms with Crippen LogP contribution in [0.2, 0.25) is 0 Å². The third-order valence-electron chi connectivity index (χ3n) is 5.01. The molecule has 1 aliphatic carbocycles. The molecule has 2 fully saturated rings. The van der Waals surface area contributed by atoms with Crippen LogP contribution in [-0.4, -0.2) is 43.8 Å². The standard InChI is InChI=1S/C17H22N4O2/c22-14-9-15(21(11-14)13-6-2-1-3-7-13)17-19-16(20-23-17)12-5-4-8-18-10-12/h4-5,8,10,13-15,22H,1-3,6-7,9,11H2. The minimum absolute atomic E-state index is 0.0334. The van der Waals surface area contributed by atoms with Gasteiger partial charge in [-0.15, -0.1) is 0 Å². The Kier molecular flexibility index (Phi) is 4.10. The van der Waals surface area contributed by atoms with Crippen LogP contribution in [0, 0.1) is 0 Å². The maximum absolute atomic E-state index is 10.1. The van der Waals surface area contributed by atoms with Gasteiger partial charge in [0.25, 0.3) is 0 Å². The highest BCUT2D eigenvalue weighted by Gasteiger charge is 2.39. The van der Waals surface area contributed by atoms with Crippen LogP contribution in [-0.2, 0) is 0 Å². The van der Waals surface area contributed by atoms with Gasteiger partial charge in [0.2, 0.25) is 11.7 Å². The number of hydrogen-bond donors (Lipinski definition) is 1. The molecule has 23 heavy (non-hydrogen) atoms. The van der Waals surface area contributed by atoms with Crippen molar-refractivity contribution in [2.45, 2.75) is 56.7 Å². The first-order chi connectivity index (χ1) is 11.3. The van der Waals surface area contributed by atoms with Gasteiger partial charge in [-0.25, -0.2) is 0 Å². The number of aromatic nitrogens is 3. The van der Waals surface area contributed by atoms with Gasteiger partial charge in [-0.1, -0.05) is 24.4 Å². The number of aliphatic hydroxyl groups is 1. The van der Waals surface area contributed by atoms with E-state index >= 15 is 0 Å². The first kappa shape index (κ1) is 14.8. The second-order valence-corrected chi connectivity index (χ2v) is 6.59. The van der Waals surface area contributed by atoms with Crippen LogP contribution in [0.3, 0.4) is 0 Å². The Bertz CT molecular complexity index is 639. The molecule has 6 heteroatoms. The van der Waals surface area contributed by atoms with E-state index in [0.29, 0.717) is 30.7 Å². The topological polar surface area (TPSA) is 75.3 Å². The van der Waals surface area contributed by atoms with Gasteiger partial charge in [-0.2, -0.15) is 4.98 Å². The zero-order valence-corrected chi connectivity index (χ0v) is 13.1. The van der Waals surface area contributed by atoms with Crippen molar-refractivity contribution < 1.29 is 9.63 Å². The monoisotopic (exact) mass is 314 g/mol. The zero-order chi connectivity index (χ0) is 15.6. The third kappa shape index (κ3) is 3.01. The van der Waals surface area contributed by atoms with Crippen LogP contribution in [0.15, 0.2) is 29.0 Å². The number of pyridine rings is 1. The van der Waals surface area contributed by atoms with E-state index in [-0.39, 0.29) is 12.1 Å². The van der Waals surface area contributed by atoms with Gasteiger partial charge in [0.05, 0.1) is 12.1 Å². The molecule has 1 aliphatic heterocycles. The number of likely N-dealkylation sites (tertiary alicyclic amines) is 1. The minimum Gasteiger partial charge on any atom is -0.392 e. The van der Waals surface area contributed by atoms with Gasteiger partial charge < -0.3 is 9.63 Å². The van der Waals surface area contributed by atoms with Crippen LogP contribution >= 0.6 is 0 Å². The minimum atomic E-state index is -0.310. The molecule has 3 heterocycles. The van der Waals surface area contributed by atoms with Crippen molar-refractivity contribution in [2.24, 2.45) is 0 Å². The smallest absolute Gasteiger partial charge is 0.244 e. The molecule has 0 aromatic carbocycles. The summed E-state index contributed by atoms with van der Waals surface area (Å²) in [5, 5.41) is 14.2. The van der Waals surface area contributed by atoms with E-state index in [2.05, 4.69) is 20.0 Å². The summed E-state index contributed by atoms with van der Waals surface area (Å²) in [6, 6.07) is 4.34. The third-order valence-corrected chi connectivity index (χ3v) is 5.01. The first-order valence-corrected chi connectivity index (χ1v) is 8.49. The summed E-state index contributed by atoms with van der Waals surface area (Å²) >= 11 is 0. The van der Waals surface area contributed by atoms with Gasteiger partial charge in [0.15, 0.2) is 0 Å². The zero-order valence-electron chi connectivity index (χ0n) is 13.1. The molecule has 0 spiro atoms. The van der Waals surface area contributed by atoms with Crippen molar-refractivity contribution in [1.82, 2.24) is 20.0 Å². The van der Waals surface area contributed by atoms with Gasteiger partial charge in [0, 0.05) is 30.5 Å². The Morgan fingerprint density at radius 1 is 1.22 bits per heavy atom. The van der Waals surface area contributed by atoms with Crippen molar-refractivity contribution in [3.8, 4) is 11.4 Å². The SMILES string of the molecule is OC1CC(c2nc(-c3cccnc3)no2)N(C2CCCCC2)C1. The number of hydrogen-bond acceptors (Lipinski definition) is 6. The van der Waals surface area contributed by atoms with Crippen LogP contribution in [0.25, 0.3) is 11.4 Å². The second kappa shape index (κ2) is 6.37. The highest BCUT2D eigenvalue weighted by atomic mass is 16.5. The van der Waals surface area contributed by atoms with E-state index in [9.17, 15) is 5.11 Å². The molecule has 2 aromatic heterocycles. The summed E-state index contributed by atoms with van der Waals surface area (Å²) in [6.45, 7) is 0.708. The predicted molar refractivity (Wildman–Crippen MR) is 84.5 cm³/mol. The van der Waals surface area contributed by atoms with E-state index in [1.54, 1.807) is 12.4 Å². The lowest BCUT2D eigenvalue weighted by Crippen LogP contribution is -2.37. The van der Waals surface area contributed by atoms with Crippen molar-refractivity contribution in [2.75, 3.05) is 6.54 Å². The van der Waals surface area contributed by atoms with E-state index in [4.69, 9.17) is 4.52 Å². The normalized spacial score (nSPS) is 26.7. The number of nitrogens with zero attached hydrogens (tertiary/aromatic N) is 4. The molecule has 2 aliphatic rings. The first-order valence-electron chi connectivity index (χ1n) is 8.49. The summed E-state index contributed by atoms with van der Waals surface area (Å²) in [5.74, 6) is 1.18. The van der Waals surface area contributed by atoms with E-state index < -0.39 is 0 Å². The highest BCUT2D eigenvalue weighted by molar-refractivity contribution is 5.51. The average Bonchev–Trinajstić information content (AvgIpc) is 3.23. The fourth-order valence-electron chi connectivity index (χ4n) is 3.88. The molecule has 2 unspecified atom stereocenters. The summed E-state index contributed by atoms with van der Waals surface area (Å²) in [4.78, 5) is 11.0. The van der Waals surface area contributed by atoms with Gasteiger partial charge in [0.1, 0.15) is 0 Å². The van der Waals surface area contributed by atoms with Gasteiger partial charge >= 0.3 is 0 Å². The van der Waals surface area contributed by atoms with E-state index in [1.165, 1.54) is 32.1 Å². The molecule has 4 rings (SSSR count). The maximum Gasteiger partial charge on any atom is 0.244 e. The molecule has 1 saturated carbocycles. The fraction of sp³-hybridized carbons (Fsp3) is 0.588. The Hall–Kier alpha value is -1.79. The van der Waals surface area contributed by atoms with Crippen molar-refractivity contribution >= 4 is 0 Å². The summed E-state index contributed by atoms with van der Waals surface area (Å²) in [6.07, 6.45) is 10.1. The lowest BCUT2D eigenvalue weighted by molar-refractivity contribution is 0.110. The average molecular weight is 314 g/mol. The van der Waals surface area contributed by atoms with Crippen molar-refractivity contribution in [1.29, 1.82) is 0 Å². The Morgan fingerprint density at radius 3 is 2.87 bits per heavy atom. The van der Waals surface area contributed by atoms with E-state index in [1.807, 2.05) is 12.1 Å². The lowest BCUT2D eigenvalue weighted by Gasteiger charge is -2.33. The fourth-order valence-corrected chi connectivity index (χ4v) is 3.88. The van der Waals surface area contributed by atoms with Crippen LogP contribution < -0.4 is 0 Å². The lowest BCUT2D eigenvalue weighted by atomic mass is 9.94. The van der Waals surface area contributed by atoms with Gasteiger partial charge in [-0.3, -0.25) is 9.88 Å². The van der Waals surface area contributed by atoms with Gasteiger partial charge in [-0.05, 0) is 31.4 Å². The number of β-amino-alcohol motifs (C(OH)–C–C–N with tert-alkyl or cyclic N) is 1. The number of rotatable bonds is 3. The molecule has 1 saturated heterocycles. The Balaban J connectivity index is 1.57. The number of aliphatic hydroxyl groups excluding tert-OH is 1. The molecule has 2 aromatic rings. The van der Waals surface area contributed by atoms with Crippen LogP contribution in [0.5, 0.6) is 0 Å². The molecule has 0 radical (unpaired) electrons. The molecule has 1 N–H and O–H groups in total. The van der Waals surface area contributed by atoms with Crippen molar-refractivity contribution in [3.05, 3.63) is 30.4 Å². The second-order valence-electron chi connectivity index (χ2n) is 6.59. The largest absolute Gasteiger partial charge is 0.392 e. The quantitative estimate of drug-likeness (QED) is 0.938. The van der Waals surface area contributed by atoms with Crippen LogP contribution in [0.1, 0.15) is 50.5 Å². The molecule has 122 valence electrons. The molecule has 0 amide bonds. The summed E-state index contributed by atoms with van der Waals surface area (Å²) in [7, 11) is 0. The Morgan fingerprint density at radius 2 is 2.09 bits per heavy atom. The van der Waals surface area contributed by atoms with Crippen LogP contribution in [0.4, 0.5) is 0 Å². The van der Waals surface area contributed by atoms with E-state index in [0.717, 1.165) is 5.56 Å². The molecular formula is C17H22N4O2. The summed E-state index contributed by atoms with van der Waals surface area (Å²) in [5.41, 5.74) is 0.852. The molecular weight excluding hydrogens is 292 g/mol. The molecule has 6 nitrogen and oxygen atoms in total. The molecule has 2 atom stereocenters. The predicted octanol–water partition coefficient (Wildman–Crippen LogP) is 2.57. The van der Waals surface area contributed by atoms with Crippen molar-refractivity contribution in [3.63, 3.8) is 0 Å².